The standard InChI is InChI=1S/C7H3Br3O2/c8-4-2-6(10)5(9)1-3(4)7(11)12/h1-2H,(H,11,12). The Hall–Kier alpha value is 0.130. The Bertz CT molecular complexity index is 336. The van der Waals surface area contributed by atoms with Gasteiger partial charge in [-0.2, -0.15) is 0 Å². The van der Waals surface area contributed by atoms with Crippen molar-refractivity contribution in [1.82, 2.24) is 0 Å². The lowest BCUT2D eigenvalue weighted by Gasteiger charge is -2.01. The number of carboxylic acid groups (broad SMARTS) is 1. The first-order chi connectivity index (χ1) is 5.52. The second-order valence-electron chi connectivity index (χ2n) is 2.05. The van der Waals surface area contributed by atoms with E-state index in [-0.39, 0.29) is 5.56 Å². The van der Waals surface area contributed by atoms with Crippen LogP contribution in [0.15, 0.2) is 25.6 Å². The molecular weight excluding hydrogens is 356 g/mol. The van der Waals surface area contributed by atoms with E-state index >= 15 is 0 Å². The molecule has 0 unspecified atom stereocenters. The van der Waals surface area contributed by atoms with Gasteiger partial charge in [0.15, 0.2) is 0 Å². The number of halogens is 3. The minimum Gasteiger partial charge on any atom is -0.478 e. The molecule has 0 heterocycles. The zero-order valence-corrected chi connectivity index (χ0v) is 10.4. The molecule has 0 saturated carbocycles. The average Bonchev–Trinajstić information content (AvgIpc) is 1.96. The maximum Gasteiger partial charge on any atom is 0.336 e. The highest BCUT2D eigenvalue weighted by molar-refractivity contribution is 9.13. The summed E-state index contributed by atoms with van der Waals surface area (Å²) in [7, 11) is 0. The molecule has 0 aliphatic carbocycles. The minimum atomic E-state index is -0.949. The van der Waals surface area contributed by atoms with E-state index in [1.807, 2.05) is 0 Å². The molecule has 64 valence electrons. The quantitative estimate of drug-likeness (QED) is 0.778. The molecule has 12 heavy (non-hydrogen) atoms. The second-order valence-corrected chi connectivity index (χ2v) is 4.61. The highest BCUT2D eigenvalue weighted by atomic mass is 79.9. The van der Waals surface area contributed by atoms with Crippen LogP contribution in [0.4, 0.5) is 0 Å². The number of benzene rings is 1. The largest absolute Gasteiger partial charge is 0.478 e. The van der Waals surface area contributed by atoms with Crippen molar-refractivity contribution in [2.24, 2.45) is 0 Å². The molecule has 0 saturated heterocycles. The van der Waals surface area contributed by atoms with E-state index in [2.05, 4.69) is 47.8 Å². The molecular formula is C7H3Br3O2. The molecule has 0 radical (unpaired) electrons. The molecule has 2 nitrogen and oxygen atoms in total. The number of aromatic carboxylic acids is 1. The van der Waals surface area contributed by atoms with E-state index in [0.29, 0.717) is 4.47 Å². The molecule has 1 rings (SSSR count). The van der Waals surface area contributed by atoms with Crippen molar-refractivity contribution in [1.29, 1.82) is 0 Å². The molecule has 5 heteroatoms. The summed E-state index contributed by atoms with van der Waals surface area (Å²) in [4.78, 5) is 10.6. The lowest BCUT2D eigenvalue weighted by Crippen LogP contribution is -1.97. The fraction of sp³-hybridized carbons (Fsp3) is 0. The summed E-state index contributed by atoms with van der Waals surface area (Å²) in [6, 6.07) is 3.23. The molecule has 1 aromatic carbocycles. The van der Waals surface area contributed by atoms with Gasteiger partial charge in [0, 0.05) is 13.4 Å². The summed E-state index contributed by atoms with van der Waals surface area (Å²) in [5, 5.41) is 8.71. The van der Waals surface area contributed by atoms with E-state index in [0.717, 1.165) is 8.95 Å². The van der Waals surface area contributed by atoms with Gasteiger partial charge in [-0.05, 0) is 59.9 Å². The van der Waals surface area contributed by atoms with Crippen molar-refractivity contribution in [2.75, 3.05) is 0 Å². The van der Waals surface area contributed by atoms with Crippen LogP contribution >= 0.6 is 47.8 Å². The minimum absolute atomic E-state index is 0.241. The maximum atomic E-state index is 10.6. The fourth-order valence-corrected chi connectivity index (χ4v) is 2.19. The first kappa shape index (κ1) is 10.2. The van der Waals surface area contributed by atoms with Gasteiger partial charge >= 0.3 is 5.97 Å². The molecule has 1 aromatic rings. The Morgan fingerprint density at radius 1 is 1.08 bits per heavy atom. The second kappa shape index (κ2) is 3.89. The number of rotatable bonds is 1. The molecule has 0 aliphatic heterocycles. The van der Waals surface area contributed by atoms with E-state index in [1.165, 1.54) is 6.07 Å². The lowest BCUT2D eigenvalue weighted by molar-refractivity contribution is 0.0696. The van der Waals surface area contributed by atoms with Gasteiger partial charge < -0.3 is 5.11 Å². The number of carbonyl (C=O) groups is 1. The van der Waals surface area contributed by atoms with Crippen LogP contribution < -0.4 is 0 Å². The van der Waals surface area contributed by atoms with Crippen molar-refractivity contribution >= 4 is 53.8 Å². The van der Waals surface area contributed by atoms with Crippen LogP contribution in [-0.4, -0.2) is 11.1 Å². The highest BCUT2D eigenvalue weighted by Crippen LogP contribution is 2.29. The summed E-state index contributed by atoms with van der Waals surface area (Å²) in [5.74, 6) is -0.949. The Morgan fingerprint density at radius 3 is 2.08 bits per heavy atom. The van der Waals surface area contributed by atoms with Crippen molar-refractivity contribution in [3.63, 3.8) is 0 Å². The number of hydrogen-bond acceptors (Lipinski definition) is 1. The Labute approximate surface area is 94.4 Å². The van der Waals surface area contributed by atoms with Gasteiger partial charge in [-0.3, -0.25) is 0 Å². The molecule has 0 atom stereocenters. The van der Waals surface area contributed by atoms with Crippen LogP contribution in [0.2, 0.25) is 0 Å². The van der Waals surface area contributed by atoms with Crippen molar-refractivity contribution in [2.45, 2.75) is 0 Å². The van der Waals surface area contributed by atoms with E-state index < -0.39 is 5.97 Å². The maximum absolute atomic E-state index is 10.6. The van der Waals surface area contributed by atoms with E-state index in [4.69, 9.17) is 5.11 Å². The molecule has 0 fully saturated rings. The number of carboxylic acids is 1. The summed E-state index contributed by atoms with van der Waals surface area (Å²) in [5.41, 5.74) is 0.241. The van der Waals surface area contributed by atoms with E-state index in [1.54, 1.807) is 6.07 Å². The predicted molar refractivity (Wildman–Crippen MR) is 56.5 cm³/mol. The Morgan fingerprint density at radius 2 is 1.58 bits per heavy atom. The molecule has 1 N–H and O–H groups in total. The molecule has 0 amide bonds. The third kappa shape index (κ3) is 2.08. The molecule has 0 bridgehead atoms. The summed E-state index contributed by atoms with van der Waals surface area (Å²) >= 11 is 9.63. The van der Waals surface area contributed by atoms with Gasteiger partial charge in [-0.25, -0.2) is 4.79 Å². The Balaban J connectivity index is 3.33. The normalized spacial score (nSPS) is 9.92. The van der Waals surface area contributed by atoms with E-state index in [9.17, 15) is 4.79 Å². The third-order valence-corrected chi connectivity index (χ3v) is 3.74. The topological polar surface area (TPSA) is 37.3 Å². The third-order valence-electron chi connectivity index (χ3n) is 1.24. The summed E-state index contributed by atoms with van der Waals surface area (Å²) in [6.07, 6.45) is 0. The highest BCUT2D eigenvalue weighted by Gasteiger charge is 2.10. The van der Waals surface area contributed by atoms with Crippen molar-refractivity contribution in [3.8, 4) is 0 Å². The van der Waals surface area contributed by atoms with Crippen LogP contribution in [0.1, 0.15) is 10.4 Å². The SMILES string of the molecule is O=C(O)c1cc(Br)c(Br)cc1Br. The van der Waals surface area contributed by atoms with Gasteiger partial charge in [0.1, 0.15) is 0 Å². The molecule has 0 aliphatic rings. The molecule has 0 spiro atoms. The van der Waals surface area contributed by atoms with Gasteiger partial charge in [-0.1, -0.05) is 0 Å². The summed E-state index contributed by atoms with van der Waals surface area (Å²) < 4.78 is 2.10. The van der Waals surface area contributed by atoms with Gasteiger partial charge in [0.2, 0.25) is 0 Å². The smallest absolute Gasteiger partial charge is 0.336 e. The zero-order valence-electron chi connectivity index (χ0n) is 5.64. The first-order valence-corrected chi connectivity index (χ1v) is 5.28. The van der Waals surface area contributed by atoms with Crippen LogP contribution in [0.25, 0.3) is 0 Å². The van der Waals surface area contributed by atoms with Crippen LogP contribution in [0, 0.1) is 0 Å². The first-order valence-electron chi connectivity index (χ1n) is 2.90. The average molecular weight is 359 g/mol. The van der Waals surface area contributed by atoms with Crippen LogP contribution in [-0.2, 0) is 0 Å². The zero-order chi connectivity index (χ0) is 9.30. The molecule has 0 aromatic heterocycles. The van der Waals surface area contributed by atoms with Crippen molar-refractivity contribution < 1.29 is 9.90 Å². The van der Waals surface area contributed by atoms with Crippen LogP contribution in [0.5, 0.6) is 0 Å². The number of hydrogen-bond donors (Lipinski definition) is 1. The van der Waals surface area contributed by atoms with Gasteiger partial charge in [0.05, 0.1) is 5.56 Å². The fourth-order valence-electron chi connectivity index (χ4n) is 0.686. The lowest BCUT2D eigenvalue weighted by atomic mass is 10.2. The monoisotopic (exact) mass is 356 g/mol. The van der Waals surface area contributed by atoms with Gasteiger partial charge in [0.25, 0.3) is 0 Å². The van der Waals surface area contributed by atoms with Crippen molar-refractivity contribution in [3.05, 3.63) is 31.1 Å². The summed E-state index contributed by atoms with van der Waals surface area (Å²) in [6.45, 7) is 0. The predicted octanol–water partition coefficient (Wildman–Crippen LogP) is 3.67. The van der Waals surface area contributed by atoms with Crippen LogP contribution in [0.3, 0.4) is 0 Å². The van der Waals surface area contributed by atoms with Gasteiger partial charge in [-0.15, -0.1) is 0 Å². The Kier molecular flexibility index (Phi) is 3.31.